The Morgan fingerprint density at radius 1 is 1.35 bits per heavy atom. The first-order chi connectivity index (χ1) is 9.36. The van der Waals surface area contributed by atoms with Crippen molar-refractivity contribution in [2.45, 2.75) is 27.2 Å². The predicted molar refractivity (Wildman–Crippen MR) is 78.0 cm³/mol. The molecule has 0 saturated carbocycles. The van der Waals surface area contributed by atoms with Gasteiger partial charge in [-0.3, -0.25) is 14.5 Å². The number of carbonyl (C=O) groups excluding carboxylic acids is 2. The molecule has 0 aromatic heterocycles. The number of carbonyl (C=O) groups is 2. The highest BCUT2D eigenvalue weighted by molar-refractivity contribution is 6.22. The van der Waals surface area contributed by atoms with Gasteiger partial charge in [0.05, 0.1) is 17.6 Å². The van der Waals surface area contributed by atoms with Gasteiger partial charge in [0.25, 0.3) is 0 Å². The Kier molecular flexibility index (Phi) is 3.65. The summed E-state index contributed by atoms with van der Waals surface area (Å²) in [4.78, 5) is 25.6. The Labute approximate surface area is 118 Å². The number of nitrogens with two attached hydrogens (primary N) is 1. The second kappa shape index (κ2) is 5.10. The van der Waals surface area contributed by atoms with Gasteiger partial charge < -0.3 is 5.73 Å². The Balaban J connectivity index is 2.44. The Bertz CT molecular complexity index is 636. The molecule has 0 radical (unpaired) electrons. The summed E-state index contributed by atoms with van der Waals surface area (Å²) < 4.78 is 0. The number of hydrogen-bond acceptors (Lipinski definition) is 3. The minimum Gasteiger partial charge on any atom is -0.320 e. The van der Waals surface area contributed by atoms with E-state index < -0.39 is 5.41 Å². The molecular weight excluding hydrogens is 252 g/mol. The van der Waals surface area contributed by atoms with Gasteiger partial charge in [-0.2, -0.15) is 0 Å². The number of amides is 2. The van der Waals surface area contributed by atoms with Crippen LogP contribution in [-0.2, 0) is 9.59 Å². The third kappa shape index (κ3) is 2.45. The van der Waals surface area contributed by atoms with Crippen molar-refractivity contribution >= 4 is 17.5 Å². The number of aryl methyl sites for hydroxylation is 1. The molecule has 0 unspecified atom stereocenters. The van der Waals surface area contributed by atoms with Gasteiger partial charge in [-0.15, -0.1) is 0 Å². The maximum absolute atomic E-state index is 12.3. The van der Waals surface area contributed by atoms with Crippen LogP contribution in [0.1, 0.15) is 31.4 Å². The lowest BCUT2D eigenvalue weighted by Crippen LogP contribution is -2.33. The summed E-state index contributed by atoms with van der Waals surface area (Å²) in [6, 6.07) is 5.41. The first kappa shape index (κ1) is 14.3. The van der Waals surface area contributed by atoms with Gasteiger partial charge in [0.15, 0.2) is 0 Å². The molecule has 4 nitrogen and oxygen atoms in total. The molecule has 1 fully saturated rings. The average Bonchev–Trinajstić information content (AvgIpc) is 2.58. The number of anilines is 1. The van der Waals surface area contributed by atoms with Gasteiger partial charge in [-0.05, 0) is 24.6 Å². The minimum absolute atomic E-state index is 0.163. The molecule has 2 rings (SSSR count). The van der Waals surface area contributed by atoms with Crippen LogP contribution >= 0.6 is 0 Å². The molecule has 1 aliphatic rings. The van der Waals surface area contributed by atoms with Crippen LogP contribution < -0.4 is 10.6 Å². The number of hydrogen-bond donors (Lipinski definition) is 1. The van der Waals surface area contributed by atoms with E-state index in [2.05, 4.69) is 11.8 Å². The van der Waals surface area contributed by atoms with E-state index in [0.717, 1.165) is 11.1 Å². The van der Waals surface area contributed by atoms with E-state index in [4.69, 9.17) is 5.73 Å². The van der Waals surface area contributed by atoms with Crippen molar-refractivity contribution in [3.05, 3.63) is 29.3 Å². The molecule has 1 aromatic carbocycles. The fourth-order valence-corrected chi connectivity index (χ4v) is 2.24. The van der Waals surface area contributed by atoms with Crippen molar-refractivity contribution in [3.63, 3.8) is 0 Å². The lowest BCUT2D eigenvalue weighted by atomic mass is 9.92. The fourth-order valence-electron chi connectivity index (χ4n) is 2.24. The quantitative estimate of drug-likeness (QED) is 0.622. The van der Waals surface area contributed by atoms with E-state index in [9.17, 15) is 9.59 Å². The van der Waals surface area contributed by atoms with E-state index in [1.807, 2.05) is 13.0 Å². The third-order valence-electron chi connectivity index (χ3n) is 3.43. The summed E-state index contributed by atoms with van der Waals surface area (Å²) in [6.07, 6.45) is 0.240. The second-order valence-corrected chi connectivity index (χ2v) is 5.60. The van der Waals surface area contributed by atoms with Crippen molar-refractivity contribution < 1.29 is 9.59 Å². The van der Waals surface area contributed by atoms with E-state index in [-0.39, 0.29) is 24.8 Å². The van der Waals surface area contributed by atoms with Gasteiger partial charge in [-0.1, -0.05) is 31.8 Å². The Hall–Kier alpha value is -2.12. The lowest BCUT2D eigenvalue weighted by Gasteiger charge is -2.18. The van der Waals surface area contributed by atoms with Crippen LogP contribution in [0.4, 0.5) is 5.69 Å². The zero-order chi connectivity index (χ0) is 14.9. The van der Waals surface area contributed by atoms with Crippen molar-refractivity contribution in [1.82, 2.24) is 0 Å². The summed E-state index contributed by atoms with van der Waals surface area (Å²) >= 11 is 0. The summed E-state index contributed by atoms with van der Waals surface area (Å²) in [5, 5.41) is 0. The van der Waals surface area contributed by atoms with Crippen LogP contribution in [0, 0.1) is 24.2 Å². The van der Waals surface area contributed by atoms with Crippen LogP contribution in [-0.4, -0.2) is 18.4 Å². The van der Waals surface area contributed by atoms with Gasteiger partial charge in [0.1, 0.15) is 0 Å². The van der Waals surface area contributed by atoms with Crippen LogP contribution in [0.3, 0.4) is 0 Å². The first-order valence-corrected chi connectivity index (χ1v) is 6.54. The van der Waals surface area contributed by atoms with Crippen molar-refractivity contribution in [3.8, 4) is 11.8 Å². The summed E-state index contributed by atoms with van der Waals surface area (Å²) in [5.74, 6) is 5.43. The number of benzene rings is 1. The molecule has 104 valence electrons. The minimum atomic E-state index is -0.634. The average molecular weight is 270 g/mol. The first-order valence-electron chi connectivity index (χ1n) is 6.54. The molecule has 2 amide bonds. The van der Waals surface area contributed by atoms with Crippen molar-refractivity contribution in [1.29, 1.82) is 0 Å². The Morgan fingerprint density at radius 3 is 2.60 bits per heavy atom. The lowest BCUT2D eigenvalue weighted by molar-refractivity contribution is -0.124. The van der Waals surface area contributed by atoms with E-state index in [1.54, 1.807) is 26.0 Å². The molecule has 0 atom stereocenters. The van der Waals surface area contributed by atoms with Gasteiger partial charge in [0, 0.05) is 12.0 Å². The largest absolute Gasteiger partial charge is 0.320 e. The van der Waals surface area contributed by atoms with E-state index in [0.29, 0.717) is 5.69 Å². The van der Waals surface area contributed by atoms with Crippen molar-refractivity contribution in [2.75, 3.05) is 11.4 Å². The molecule has 0 aliphatic carbocycles. The zero-order valence-corrected chi connectivity index (χ0v) is 12.0. The second-order valence-electron chi connectivity index (χ2n) is 5.60. The molecule has 1 aromatic rings. The van der Waals surface area contributed by atoms with Crippen LogP contribution in [0.15, 0.2) is 18.2 Å². The van der Waals surface area contributed by atoms with Crippen molar-refractivity contribution in [2.24, 2.45) is 11.1 Å². The zero-order valence-electron chi connectivity index (χ0n) is 12.0. The number of imide groups is 1. The summed E-state index contributed by atoms with van der Waals surface area (Å²) in [5.41, 5.74) is 7.10. The monoisotopic (exact) mass is 270 g/mol. The molecule has 1 saturated heterocycles. The highest BCUT2D eigenvalue weighted by Gasteiger charge is 2.45. The maximum Gasteiger partial charge on any atom is 0.239 e. The summed E-state index contributed by atoms with van der Waals surface area (Å²) in [6.45, 7) is 5.78. The number of nitrogens with zero attached hydrogens (tertiary/aromatic N) is 1. The highest BCUT2D eigenvalue weighted by Crippen LogP contribution is 2.35. The van der Waals surface area contributed by atoms with Crippen LogP contribution in [0.2, 0.25) is 0 Å². The standard InChI is InChI=1S/C16H18N2O2/c1-11-6-7-13(9-12(11)5-4-8-17)18-14(19)10-16(2,3)15(18)20/h6-7,9H,8,10,17H2,1-3H3. The van der Waals surface area contributed by atoms with E-state index in [1.165, 1.54) is 4.90 Å². The van der Waals surface area contributed by atoms with Gasteiger partial charge >= 0.3 is 0 Å². The molecule has 20 heavy (non-hydrogen) atoms. The molecule has 1 aliphatic heterocycles. The molecular formula is C16H18N2O2. The van der Waals surface area contributed by atoms with Crippen LogP contribution in [0.5, 0.6) is 0 Å². The summed E-state index contributed by atoms with van der Waals surface area (Å²) in [7, 11) is 0. The molecule has 0 bridgehead atoms. The predicted octanol–water partition coefficient (Wildman–Crippen LogP) is 1.59. The van der Waals surface area contributed by atoms with Gasteiger partial charge in [-0.25, -0.2) is 0 Å². The molecule has 2 N–H and O–H groups in total. The molecule has 4 heteroatoms. The molecule has 1 heterocycles. The normalized spacial score (nSPS) is 17.1. The SMILES string of the molecule is Cc1ccc(N2C(=O)CC(C)(C)C2=O)cc1C#CCN. The smallest absolute Gasteiger partial charge is 0.239 e. The number of rotatable bonds is 1. The maximum atomic E-state index is 12.3. The topological polar surface area (TPSA) is 63.4 Å². The van der Waals surface area contributed by atoms with E-state index >= 15 is 0 Å². The molecule has 0 spiro atoms. The third-order valence-corrected chi connectivity index (χ3v) is 3.43. The fraction of sp³-hybridized carbons (Fsp3) is 0.375. The van der Waals surface area contributed by atoms with Gasteiger partial charge in [0.2, 0.25) is 11.8 Å². The van der Waals surface area contributed by atoms with Crippen LogP contribution in [0.25, 0.3) is 0 Å². The highest BCUT2D eigenvalue weighted by atomic mass is 16.2. The Morgan fingerprint density at radius 2 is 2.05 bits per heavy atom.